The second-order valence-electron chi connectivity index (χ2n) is 7.02. The summed E-state index contributed by atoms with van der Waals surface area (Å²) >= 11 is 0. The summed E-state index contributed by atoms with van der Waals surface area (Å²) in [6, 6.07) is 2.87. The third-order valence-electron chi connectivity index (χ3n) is 3.44. The minimum absolute atomic E-state index is 0.0162. The number of anilines is 2. The fourth-order valence-corrected chi connectivity index (χ4v) is 3.06. The lowest BCUT2D eigenvalue weighted by Gasteiger charge is -2.22. The van der Waals surface area contributed by atoms with E-state index >= 15 is 0 Å². The van der Waals surface area contributed by atoms with E-state index in [0.717, 1.165) is 12.3 Å². The van der Waals surface area contributed by atoms with Gasteiger partial charge in [-0.1, -0.05) is 0 Å². The number of carbonyl (C=O) groups is 2. The first kappa shape index (κ1) is 20.0. The van der Waals surface area contributed by atoms with Crippen LogP contribution in [0.4, 0.5) is 20.6 Å². The number of ether oxygens (including phenoxy) is 1. The average Bonchev–Trinajstić information content (AvgIpc) is 2.76. The Hall–Kier alpha value is -2.36. The molecule has 2 rings (SSSR count). The number of nitrogens with one attached hydrogen (secondary N) is 2. The Morgan fingerprint density at radius 1 is 1.35 bits per heavy atom. The summed E-state index contributed by atoms with van der Waals surface area (Å²) in [5.74, 6) is -1.21. The highest BCUT2D eigenvalue weighted by atomic mass is 32.2. The Labute approximate surface area is 151 Å². The van der Waals surface area contributed by atoms with Crippen LogP contribution in [0.2, 0.25) is 0 Å². The monoisotopic (exact) mass is 387 g/mol. The predicted molar refractivity (Wildman–Crippen MR) is 95.0 cm³/mol. The summed E-state index contributed by atoms with van der Waals surface area (Å²) in [4.78, 5) is 25.5. The van der Waals surface area contributed by atoms with Crippen LogP contribution in [-0.4, -0.2) is 44.9 Å². The average molecular weight is 387 g/mol. The number of halogens is 1. The molecule has 0 unspecified atom stereocenters. The lowest BCUT2D eigenvalue weighted by Crippen LogP contribution is -2.43. The van der Waals surface area contributed by atoms with Gasteiger partial charge in [0.05, 0.1) is 17.6 Å². The Morgan fingerprint density at radius 3 is 2.54 bits per heavy atom. The molecule has 0 spiro atoms. The molecule has 0 aliphatic carbocycles. The zero-order valence-electron chi connectivity index (χ0n) is 15.0. The van der Waals surface area contributed by atoms with E-state index in [4.69, 9.17) is 4.74 Å². The Morgan fingerprint density at radius 2 is 2.00 bits per heavy atom. The van der Waals surface area contributed by atoms with Gasteiger partial charge in [0.1, 0.15) is 17.5 Å². The Balaban J connectivity index is 2.09. The van der Waals surface area contributed by atoms with Crippen molar-refractivity contribution in [2.24, 2.45) is 0 Å². The quantitative estimate of drug-likeness (QED) is 0.820. The summed E-state index contributed by atoms with van der Waals surface area (Å²) in [6.07, 6.45) is 0.544. The minimum Gasteiger partial charge on any atom is -0.444 e. The van der Waals surface area contributed by atoms with E-state index in [2.05, 4.69) is 10.0 Å². The lowest BCUT2D eigenvalue weighted by atomic mass is 10.2. The summed E-state index contributed by atoms with van der Waals surface area (Å²) in [7, 11) is -3.53. The maximum atomic E-state index is 14.3. The van der Waals surface area contributed by atoms with Gasteiger partial charge in [0.2, 0.25) is 15.9 Å². The molecule has 1 fully saturated rings. The van der Waals surface area contributed by atoms with Crippen molar-refractivity contribution in [1.82, 2.24) is 5.32 Å². The summed E-state index contributed by atoms with van der Waals surface area (Å²) < 4.78 is 44.0. The molecule has 0 bridgehead atoms. The lowest BCUT2D eigenvalue weighted by molar-refractivity contribution is -0.118. The van der Waals surface area contributed by atoms with Crippen molar-refractivity contribution in [1.29, 1.82) is 0 Å². The highest BCUT2D eigenvalue weighted by Gasteiger charge is 2.35. The van der Waals surface area contributed by atoms with Gasteiger partial charge >= 0.3 is 6.09 Å². The molecule has 1 atom stereocenters. The first-order valence-corrected chi connectivity index (χ1v) is 9.83. The van der Waals surface area contributed by atoms with E-state index in [0.29, 0.717) is 6.42 Å². The van der Waals surface area contributed by atoms with Crippen LogP contribution in [0.5, 0.6) is 0 Å². The molecule has 0 saturated carbocycles. The van der Waals surface area contributed by atoms with Gasteiger partial charge in [-0.2, -0.15) is 0 Å². The number of amides is 2. The van der Waals surface area contributed by atoms with Gasteiger partial charge in [0.15, 0.2) is 0 Å². The van der Waals surface area contributed by atoms with Crippen LogP contribution in [-0.2, 0) is 19.6 Å². The van der Waals surface area contributed by atoms with E-state index in [9.17, 15) is 22.4 Å². The molecule has 0 aromatic heterocycles. The second kappa shape index (κ2) is 7.10. The standard InChI is InChI=1S/C16H22FN3O5S/c1-16(2,3)25-15(22)18-12-7-8-20(14(12)21)13-6-5-10(9-11(13)17)19-26(4,23)24/h5-6,9,12,19H,7-8H2,1-4H3,(H,18,22)/t12-/m0/s1. The van der Waals surface area contributed by atoms with Gasteiger partial charge in [-0.3, -0.25) is 9.52 Å². The Bertz CT molecular complexity index is 820. The first-order valence-electron chi connectivity index (χ1n) is 7.94. The third-order valence-corrected chi connectivity index (χ3v) is 4.04. The zero-order chi connectivity index (χ0) is 19.7. The molecule has 144 valence electrons. The second-order valence-corrected chi connectivity index (χ2v) is 8.77. The predicted octanol–water partition coefficient (Wildman–Crippen LogP) is 1.83. The molecule has 8 nitrogen and oxygen atoms in total. The summed E-state index contributed by atoms with van der Waals surface area (Å²) in [5.41, 5.74) is -0.619. The van der Waals surface area contributed by atoms with Crippen molar-refractivity contribution in [3.05, 3.63) is 24.0 Å². The SMILES string of the molecule is CC(C)(C)OC(=O)N[C@H]1CCN(c2ccc(NS(C)(=O)=O)cc2F)C1=O. The van der Waals surface area contributed by atoms with Crippen LogP contribution in [0.25, 0.3) is 0 Å². The molecule has 1 aromatic rings. The van der Waals surface area contributed by atoms with Gasteiger partial charge in [-0.25, -0.2) is 17.6 Å². The zero-order valence-corrected chi connectivity index (χ0v) is 15.8. The summed E-state index contributed by atoms with van der Waals surface area (Å²) in [6.45, 7) is 5.33. The van der Waals surface area contributed by atoms with Crippen LogP contribution < -0.4 is 14.9 Å². The molecule has 1 aliphatic rings. The number of sulfonamides is 1. The minimum atomic E-state index is -3.53. The molecule has 26 heavy (non-hydrogen) atoms. The van der Waals surface area contributed by atoms with Crippen molar-refractivity contribution < 1.29 is 27.1 Å². The third kappa shape index (κ3) is 5.32. The van der Waals surface area contributed by atoms with Gasteiger partial charge in [-0.05, 0) is 39.3 Å². The van der Waals surface area contributed by atoms with Crippen molar-refractivity contribution in [3.8, 4) is 0 Å². The van der Waals surface area contributed by atoms with Crippen molar-refractivity contribution >= 4 is 33.4 Å². The number of benzene rings is 1. The Kier molecular flexibility index (Phi) is 5.45. The highest BCUT2D eigenvalue weighted by molar-refractivity contribution is 7.92. The molecule has 1 aliphatic heterocycles. The normalized spacial score (nSPS) is 18.0. The topological polar surface area (TPSA) is 105 Å². The van der Waals surface area contributed by atoms with Crippen molar-refractivity contribution in [2.45, 2.75) is 38.8 Å². The summed E-state index contributed by atoms with van der Waals surface area (Å²) in [5, 5.41) is 2.48. The molecule has 2 N–H and O–H groups in total. The maximum Gasteiger partial charge on any atom is 0.408 e. The van der Waals surface area contributed by atoms with Crippen molar-refractivity contribution in [3.63, 3.8) is 0 Å². The largest absolute Gasteiger partial charge is 0.444 e. The molecular formula is C16H22FN3O5S. The van der Waals surface area contributed by atoms with Crippen LogP contribution in [0.15, 0.2) is 18.2 Å². The first-order chi connectivity index (χ1) is 11.9. The van der Waals surface area contributed by atoms with Gasteiger partial charge in [-0.15, -0.1) is 0 Å². The molecule has 0 radical (unpaired) electrons. The molecule has 10 heteroatoms. The molecule has 1 aromatic carbocycles. The number of nitrogens with zero attached hydrogens (tertiary/aromatic N) is 1. The number of hydrogen-bond donors (Lipinski definition) is 2. The van der Waals surface area contributed by atoms with E-state index in [1.165, 1.54) is 17.0 Å². The van der Waals surface area contributed by atoms with Crippen LogP contribution in [0.3, 0.4) is 0 Å². The smallest absolute Gasteiger partial charge is 0.408 e. The van der Waals surface area contributed by atoms with E-state index in [1.54, 1.807) is 20.8 Å². The van der Waals surface area contributed by atoms with Crippen LogP contribution in [0.1, 0.15) is 27.2 Å². The van der Waals surface area contributed by atoms with Gasteiger partial charge in [0, 0.05) is 12.6 Å². The number of alkyl carbamates (subject to hydrolysis) is 1. The fourth-order valence-electron chi connectivity index (χ4n) is 2.51. The van der Waals surface area contributed by atoms with Crippen molar-refractivity contribution in [2.75, 3.05) is 22.4 Å². The number of carbonyl (C=O) groups excluding carboxylic acids is 2. The van der Waals surface area contributed by atoms with Crippen LogP contribution in [0, 0.1) is 5.82 Å². The van der Waals surface area contributed by atoms with E-state index in [1.807, 2.05) is 0 Å². The molecular weight excluding hydrogens is 365 g/mol. The van der Waals surface area contributed by atoms with E-state index < -0.39 is 39.5 Å². The molecule has 2 amide bonds. The maximum absolute atomic E-state index is 14.3. The van der Waals surface area contributed by atoms with Crippen LogP contribution >= 0.6 is 0 Å². The van der Waals surface area contributed by atoms with E-state index in [-0.39, 0.29) is 17.9 Å². The number of rotatable bonds is 4. The molecule has 1 saturated heterocycles. The van der Waals surface area contributed by atoms with Gasteiger partial charge in [0.25, 0.3) is 0 Å². The fraction of sp³-hybridized carbons (Fsp3) is 0.500. The molecule has 1 heterocycles. The van der Waals surface area contributed by atoms with Gasteiger partial charge < -0.3 is 15.0 Å². The highest BCUT2D eigenvalue weighted by Crippen LogP contribution is 2.27. The number of hydrogen-bond acceptors (Lipinski definition) is 5.